The summed E-state index contributed by atoms with van der Waals surface area (Å²) in [4.78, 5) is 4.21. The summed E-state index contributed by atoms with van der Waals surface area (Å²) in [6.45, 7) is 4.25. The molecule has 2 heterocycles. The highest BCUT2D eigenvalue weighted by Crippen LogP contribution is 2.32. The molecule has 0 spiro atoms. The highest BCUT2D eigenvalue weighted by atomic mass is 19.1. The minimum atomic E-state index is -3.17. The maximum Gasteiger partial charge on any atom is 0.361 e. The summed E-state index contributed by atoms with van der Waals surface area (Å²) in [7, 11) is 5.04. The molecule has 0 aliphatic carbocycles. The number of hydrogen-bond donors (Lipinski definition) is 0. The van der Waals surface area contributed by atoms with Crippen LogP contribution >= 0.6 is 0 Å². The Kier molecular flexibility index (Phi) is 16.3. The number of hydrogen-bond acceptors (Lipinski definition) is 4. The van der Waals surface area contributed by atoms with Gasteiger partial charge in [0.05, 0.1) is 35.4 Å². The molecule has 0 N–H and O–H groups in total. The molecule has 8 aromatic rings. The predicted molar refractivity (Wildman–Crippen MR) is 263 cm³/mol. The van der Waals surface area contributed by atoms with E-state index in [-0.39, 0.29) is 0 Å². The van der Waals surface area contributed by atoms with Crippen molar-refractivity contribution < 1.29 is 23.2 Å². The summed E-state index contributed by atoms with van der Waals surface area (Å²) in [6, 6.07) is 67.0. The molecule has 0 aliphatic heterocycles. The van der Waals surface area contributed by atoms with E-state index in [0.29, 0.717) is 0 Å². The Bertz CT molecular complexity index is 2440. The molecule has 0 saturated heterocycles. The van der Waals surface area contributed by atoms with Crippen LogP contribution in [0.4, 0.5) is 15.7 Å². The summed E-state index contributed by atoms with van der Waals surface area (Å²) in [5.74, 6) is 3.40. The van der Waals surface area contributed by atoms with Gasteiger partial charge in [0.15, 0.2) is 0 Å². The number of rotatable bonds is 10. The highest BCUT2D eigenvalue weighted by molar-refractivity contribution is 6.27. The van der Waals surface area contributed by atoms with E-state index in [0.717, 1.165) is 56.4 Å². The Labute approximate surface area is 377 Å². The lowest BCUT2D eigenvalue weighted by Gasteiger charge is -2.12. The molecule has 320 valence electrons. The summed E-state index contributed by atoms with van der Waals surface area (Å²) in [5, 5.41) is 16.6. The summed E-state index contributed by atoms with van der Waals surface area (Å²) in [6.07, 6.45) is 4.23. The Balaban J connectivity index is 0.000000196. The first-order chi connectivity index (χ1) is 30.9. The normalized spacial score (nSPS) is 11.1. The van der Waals surface area contributed by atoms with E-state index in [1.54, 1.807) is 0 Å². The van der Waals surface area contributed by atoms with Crippen LogP contribution in [-0.4, -0.2) is 35.6 Å². The van der Waals surface area contributed by atoms with Crippen LogP contribution in [0.15, 0.2) is 203 Å². The fraction of sp³-hybridized carbons (Fsp3) is 0.107. The van der Waals surface area contributed by atoms with E-state index >= 15 is 0 Å². The summed E-state index contributed by atoms with van der Waals surface area (Å²) >= 11 is 0. The van der Waals surface area contributed by atoms with Crippen molar-refractivity contribution in [3.63, 3.8) is 0 Å². The number of nitrogens with zero attached hydrogens (tertiary/aromatic N) is 2. The monoisotopic (exact) mass is 846 g/mol. The first-order valence-electron chi connectivity index (χ1n) is 21.0. The smallest absolute Gasteiger partial charge is 0.361 e. The van der Waals surface area contributed by atoms with E-state index < -0.39 is 7.40 Å². The van der Waals surface area contributed by atoms with Gasteiger partial charge in [0.25, 0.3) is 0 Å². The van der Waals surface area contributed by atoms with Crippen molar-refractivity contribution in [2.24, 2.45) is 0 Å². The van der Waals surface area contributed by atoms with Gasteiger partial charge in [-0.2, -0.15) is 0 Å². The first-order valence-corrected chi connectivity index (χ1v) is 21.0. The predicted octanol–water partition coefficient (Wildman–Crippen LogP) is 12.7. The van der Waals surface area contributed by atoms with Crippen molar-refractivity contribution in [1.29, 1.82) is 0 Å². The average molecular weight is 847 g/mol. The van der Waals surface area contributed by atoms with Crippen LogP contribution in [0.2, 0.25) is 0 Å². The van der Waals surface area contributed by atoms with Crippen LogP contribution in [0.5, 0.6) is 0 Å². The van der Waals surface area contributed by atoms with Crippen LogP contribution in [0.1, 0.15) is 36.5 Å². The van der Waals surface area contributed by atoms with Gasteiger partial charge in [0, 0.05) is 62.8 Å². The van der Waals surface area contributed by atoms with Crippen molar-refractivity contribution in [2.75, 3.05) is 38.0 Å². The topological polar surface area (TPSA) is 75.2 Å². The third-order valence-electron chi connectivity index (χ3n) is 10.4. The summed E-state index contributed by atoms with van der Waals surface area (Å²) in [5.41, 5.74) is 13.8. The second-order valence-corrected chi connectivity index (χ2v) is 15.5. The quantitative estimate of drug-likeness (QED) is 0.101. The van der Waals surface area contributed by atoms with Gasteiger partial charge in [0.2, 0.25) is 0 Å². The van der Waals surface area contributed by atoms with Crippen molar-refractivity contribution in [3.8, 4) is 44.9 Å². The van der Waals surface area contributed by atoms with Crippen molar-refractivity contribution in [3.05, 3.63) is 217 Å². The van der Waals surface area contributed by atoms with Gasteiger partial charge in [-0.25, -0.2) is 8.83 Å². The fourth-order valence-corrected chi connectivity index (χ4v) is 6.91. The third-order valence-corrected chi connectivity index (χ3v) is 10.4. The third kappa shape index (κ3) is 13.3. The van der Waals surface area contributed by atoms with Crippen LogP contribution in [-0.2, 0) is 0 Å². The molecule has 6 aromatic carbocycles. The molecule has 0 bridgehead atoms. The maximum atomic E-state index is 9.89. The maximum absolute atomic E-state index is 9.89. The van der Waals surface area contributed by atoms with Crippen molar-refractivity contribution in [2.45, 2.75) is 13.8 Å². The molecule has 8 heteroatoms. The Morgan fingerprint density at radius 3 is 0.984 bits per heavy atom. The van der Waals surface area contributed by atoms with E-state index in [9.17, 15) is 4.32 Å². The molecule has 0 saturated carbocycles. The van der Waals surface area contributed by atoms with Gasteiger partial charge in [-0.15, -0.1) is 0 Å². The van der Waals surface area contributed by atoms with Crippen molar-refractivity contribution in [1.82, 2.24) is 0 Å². The largest absolute Gasteiger partial charge is 0.867 e. The zero-order chi connectivity index (χ0) is 45.4. The molecule has 64 heavy (non-hydrogen) atoms. The molecule has 0 amide bonds. The summed E-state index contributed by atoms with van der Waals surface area (Å²) < 4.78 is 22.5. The van der Waals surface area contributed by atoms with Crippen LogP contribution in [0.25, 0.3) is 68.2 Å². The molecular formula is C56H52BFN2O4. The Morgan fingerprint density at radius 1 is 0.422 bits per heavy atom. The van der Waals surface area contributed by atoms with Gasteiger partial charge >= 0.3 is 23.0 Å². The van der Waals surface area contributed by atoms with Crippen LogP contribution in [0, 0.1) is 0 Å². The molecule has 0 aliphatic rings. The fourth-order valence-electron chi connectivity index (χ4n) is 6.91. The SMILES string of the molecule is C/C(=C\c1cc(-c2ccccc2)cc(-c2ccccc2)[o+]1)c1ccc(N(C)C)cc1.C/C(=C\c1cc(-c2ccccc2)cc(-c2ccccc2)[o+]1)c1ccc(N(C)C)cc1.[O-]B([O-])F. The number of halogens is 1. The molecule has 0 radical (unpaired) electrons. The van der Waals surface area contributed by atoms with Crippen LogP contribution in [0.3, 0.4) is 0 Å². The second-order valence-electron chi connectivity index (χ2n) is 15.5. The van der Waals surface area contributed by atoms with E-state index in [1.165, 1.54) is 33.6 Å². The minimum Gasteiger partial charge on any atom is -0.867 e. The second kappa shape index (κ2) is 22.6. The van der Waals surface area contributed by atoms with Gasteiger partial charge in [-0.1, -0.05) is 121 Å². The van der Waals surface area contributed by atoms with E-state index in [4.69, 9.17) is 18.9 Å². The van der Waals surface area contributed by atoms with E-state index in [2.05, 4.69) is 210 Å². The number of benzene rings is 6. The van der Waals surface area contributed by atoms with Crippen molar-refractivity contribution >= 4 is 42.1 Å². The number of anilines is 2. The standard InChI is InChI=1S/2C28H26NO.BFO2/c2*1-21(22-14-16-26(17-15-22)29(2)3)18-27-19-25(23-10-6-4-7-11-23)20-28(30-27)24-12-8-5-9-13-24;2-1(3)4/h2*4-20H,1-3H3;/q2*+1;-2/b2*21-18+;. The van der Waals surface area contributed by atoms with Crippen LogP contribution < -0.4 is 19.8 Å². The highest BCUT2D eigenvalue weighted by Gasteiger charge is 2.19. The van der Waals surface area contributed by atoms with Gasteiger partial charge in [0.1, 0.15) is 7.40 Å². The molecule has 8 rings (SSSR count). The molecule has 6 nitrogen and oxygen atoms in total. The lowest BCUT2D eigenvalue weighted by molar-refractivity contribution is -0.366. The molecular weight excluding hydrogens is 794 g/mol. The average Bonchev–Trinajstić information content (AvgIpc) is 3.32. The van der Waals surface area contributed by atoms with Gasteiger partial charge < -0.3 is 24.2 Å². The lowest BCUT2D eigenvalue weighted by atomic mass is 10.0. The van der Waals surface area contributed by atoms with Gasteiger partial charge in [-0.3, -0.25) is 0 Å². The lowest BCUT2D eigenvalue weighted by Crippen LogP contribution is -2.39. The zero-order valence-electron chi connectivity index (χ0n) is 37.1. The molecule has 0 fully saturated rings. The minimum absolute atomic E-state index is 0.837. The molecule has 2 aromatic heterocycles. The zero-order valence-corrected chi connectivity index (χ0v) is 37.1. The van der Waals surface area contributed by atoms with Gasteiger partial charge in [-0.05, 0) is 95.8 Å². The number of allylic oxidation sites excluding steroid dienone is 2. The molecule has 0 unspecified atom stereocenters. The Hall–Kier alpha value is -7.39. The first kappa shape index (κ1) is 46.1. The molecule has 0 atom stereocenters. The Morgan fingerprint density at radius 2 is 0.703 bits per heavy atom. The van der Waals surface area contributed by atoms with E-state index in [1.807, 2.05) is 48.5 Å².